The predicted molar refractivity (Wildman–Crippen MR) is 89.7 cm³/mol. The lowest BCUT2D eigenvalue weighted by Crippen LogP contribution is -2.42. The van der Waals surface area contributed by atoms with Crippen LogP contribution in [0.4, 0.5) is 0 Å². The summed E-state index contributed by atoms with van der Waals surface area (Å²) in [5, 5.41) is 1.91. The number of hydrogen-bond donors (Lipinski definition) is 1. The minimum Gasteiger partial charge on any atom is -0.446 e. The summed E-state index contributed by atoms with van der Waals surface area (Å²) < 4.78 is 5.48. The second kappa shape index (κ2) is 7.90. The third-order valence-electron chi connectivity index (χ3n) is 4.65. The number of carbonyl (C=O) groups excluding carboxylic acids is 1. The minimum absolute atomic E-state index is 0.200. The van der Waals surface area contributed by atoms with Gasteiger partial charge in [-0.25, -0.2) is 0 Å². The molecule has 0 aliphatic carbocycles. The first-order valence-electron chi connectivity index (χ1n) is 8.21. The quantitative estimate of drug-likeness (QED) is 0.666. The van der Waals surface area contributed by atoms with E-state index < -0.39 is 6.23 Å². The smallest absolute Gasteiger partial charge is 0.311 e. The summed E-state index contributed by atoms with van der Waals surface area (Å²) in [7, 11) is 1.67. The number of piperidine rings is 1. The fourth-order valence-corrected chi connectivity index (χ4v) is 3.31. The Morgan fingerprint density at radius 2 is 1.83 bits per heavy atom. The summed E-state index contributed by atoms with van der Waals surface area (Å²) >= 11 is 0. The van der Waals surface area contributed by atoms with E-state index in [4.69, 9.17) is 15.3 Å². The molecule has 0 spiro atoms. The Morgan fingerprint density at radius 3 is 2.35 bits per heavy atom. The van der Waals surface area contributed by atoms with E-state index in [0.29, 0.717) is 0 Å². The number of esters is 1. The second-order valence-electron chi connectivity index (χ2n) is 6.46. The van der Waals surface area contributed by atoms with Crippen LogP contribution in [-0.2, 0) is 20.8 Å². The summed E-state index contributed by atoms with van der Waals surface area (Å²) in [6.07, 6.45) is 1.51. The number of aryl methyl sites for hydroxylation is 3. The van der Waals surface area contributed by atoms with Crippen LogP contribution in [0.15, 0.2) is 12.1 Å². The molecule has 5 heteroatoms. The number of benzene rings is 1. The van der Waals surface area contributed by atoms with Gasteiger partial charge in [0.25, 0.3) is 0 Å². The molecule has 1 aromatic rings. The fourth-order valence-electron chi connectivity index (χ4n) is 3.31. The molecule has 1 aromatic carbocycles. The van der Waals surface area contributed by atoms with Gasteiger partial charge < -0.3 is 9.57 Å². The minimum atomic E-state index is -0.535. The number of nitrogens with two attached hydrogens (primary N) is 1. The molecule has 1 heterocycles. The summed E-state index contributed by atoms with van der Waals surface area (Å²) in [6.45, 7) is 7.77. The highest BCUT2D eigenvalue weighted by Gasteiger charge is 2.27. The van der Waals surface area contributed by atoms with Crippen LogP contribution in [0.25, 0.3) is 0 Å². The summed E-state index contributed by atoms with van der Waals surface area (Å²) in [4.78, 5) is 17.4. The number of hydrogen-bond acceptors (Lipinski definition) is 5. The van der Waals surface area contributed by atoms with Gasteiger partial charge >= 0.3 is 5.97 Å². The highest BCUT2D eigenvalue weighted by molar-refractivity contribution is 5.74. The molecule has 5 nitrogen and oxygen atoms in total. The molecule has 1 aliphatic rings. The van der Waals surface area contributed by atoms with Crippen LogP contribution >= 0.6 is 0 Å². The van der Waals surface area contributed by atoms with E-state index in [1.165, 1.54) is 5.56 Å². The van der Waals surface area contributed by atoms with E-state index in [0.717, 1.165) is 42.6 Å². The van der Waals surface area contributed by atoms with Crippen LogP contribution < -0.4 is 5.73 Å². The molecule has 1 unspecified atom stereocenters. The number of hydroxylamine groups is 2. The molecule has 23 heavy (non-hydrogen) atoms. The van der Waals surface area contributed by atoms with Crippen LogP contribution in [0.3, 0.4) is 0 Å². The number of ether oxygens (including phenoxy) is 1. The largest absolute Gasteiger partial charge is 0.446 e. The summed E-state index contributed by atoms with van der Waals surface area (Å²) in [5.41, 5.74) is 10.6. The molecule has 0 saturated carbocycles. The van der Waals surface area contributed by atoms with Crippen LogP contribution in [0, 0.1) is 26.7 Å². The van der Waals surface area contributed by atoms with Crippen molar-refractivity contribution >= 4 is 5.97 Å². The maximum atomic E-state index is 12.2. The van der Waals surface area contributed by atoms with Crippen molar-refractivity contribution in [3.05, 3.63) is 34.4 Å². The van der Waals surface area contributed by atoms with E-state index in [9.17, 15) is 4.79 Å². The van der Waals surface area contributed by atoms with Gasteiger partial charge in [-0.1, -0.05) is 17.7 Å². The zero-order valence-corrected chi connectivity index (χ0v) is 14.6. The van der Waals surface area contributed by atoms with Crippen molar-refractivity contribution in [3.63, 3.8) is 0 Å². The molecule has 1 saturated heterocycles. The highest BCUT2D eigenvalue weighted by atomic mass is 16.7. The lowest BCUT2D eigenvalue weighted by Gasteiger charge is -2.32. The third kappa shape index (κ3) is 4.77. The van der Waals surface area contributed by atoms with Gasteiger partial charge in [-0.15, -0.1) is 0 Å². The Morgan fingerprint density at radius 1 is 1.26 bits per heavy atom. The van der Waals surface area contributed by atoms with E-state index in [1.54, 1.807) is 7.11 Å². The Kier molecular flexibility index (Phi) is 6.16. The lowest BCUT2D eigenvalue weighted by molar-refractivity contribution is -0.165. The molecule has 2 rings (SSSR count). The molecule has 2 N–H and O–H groups in total. The molecular formula is C18H28N2O3. The predicted octanol–water partition coefficient (Wildman–Crippen LogP) is 2.26. The molecule has 1 atom stereocenters. The van der Waals surface area contributed by atoms with Gasteiger partial charge in [0.15, 0.2) is 6.23 Å². The SMILES string of the molecule is CON1CCC(C(N)OC(=O)Cc2c(C)cc(C)cc2C)CC1. The van der Waals surface area contributed by atoms with Crippen molar-refractivity contribution in [3.8, 4) is 0 Å². The van der Waals surface area contributed by atoms with Crippen molar-refractivity contribution in [2.45, 2.75) is 46.3 Å². The maximum Gasteiger partial charge on any atom is 0.311 e. The van der Waals surface area contributed by atoms with Gasteiger partial charge in [-0.2, -0.15) is 5.06 Å². The third-order valence-corrected chi connectivity index (χ3v) is 4.65. The van der Waals surface area contributed by atoms with Crippen LogP contribution in [0.1, 0.15) is 35.1 Å². The second-order valence-corrected chi connectivity index (χ2v) is 6.46. The number of nitrogens with zero attached hydrogens (tertiary/aromatic N) is 1. The molecular weight excluding hydrogens is 292 g/mol. The van der Waals surface area contributed by atoms with Gasteiger partial charge in [0.1, 0.15) is 0 Å². The first-order chi connectivity index (χ1) is 10.9. The standard InChI is InChI=1S/C18H28N2O3/c1-12-9-13(2)16(14(3)10-12)11-17(21)23-18(19)15-5-7-20(22-4)8-6-15/h9-10,15,18H,5-8,11,19H2,1-4H3. The van der Waals surface area contributed by atoms with E-state index >= 15 is 0 Å². The molecule has 0 amide bonds. The van der Waals surface area contributed by atoms with Crippen molar-refractivity contribution < 1.29 is 14.4 Å². The monoisotopic (exact) mass is 320 g/mol. The average molecular weight is 320 g/mol. The van der Waals surface area contributed by atoms with Gasteiger partial charge in [0, 0.05) is 19.0 Å². The molecule has 1 fully saturated rings. The van der Waals surface area contributed by atoms with Crippen molar-refractivity contribution in [2.75, 3.05) is 20.2 Å². The summed E-state index contributed by atoms with van der Waals surface area (Å²) in [5.74, 6) is -0.0488. The first kappa shape index (κ1) is 17.9. The zero-order chi connectivity index (χ0) is 17.0. The van der Waals surface area contributed by atoms with Crippen LogP contribution in [-0.4, -0.2) is 37.5 Å². The van der Waals surface area contributed by atoms with Crippen molar-refractivity contribution in [1.82, 2.24) is 5.06 Å². The Hall–Kier alpha value is -1.43. The Balaban J connectivity index is 1.90. The van der Waals surface area contributed by atoms with Gasteiger partial charge in [-0.3, -0.25) is 10.5 Å². The maximum absolute atomic E-state index is 12.2. The molecule has 128 valence electrons. The first-order valence-corrected chi connectivity index (χ1v) is 8.21. The van der Waals surface area contributed by atoms with Gasteiger partial charge in [-0.05, 0) is 50.3 Å². The van der Waals surface area contributed by atoms with Crippen LogP contribution in [0.5, 0.6) is 0 Å². The molecule has 0 aromatic heterocycles. The van der Waals surface area contributed by atoms with Crippen molar-refractivity contribution in [1.29, 1.82) is 0 Å². The Bertz CT molecular complexity index is 528. The number of carbonyl (C=O) groups is 1. The van der Waals surface area contributed by atoms with Crippen molar-refractivity contribution in [2.24, 2.45) is 11.7 Å². The van der Waals surface area contributed by atoms with E-state index in [-0.39, 0.29) is 18.3 Å². The lowest BCUT2D eigenvalue weighted by atomic mass is 9.96. The highest BCUT2D eigenvalue weighted by Crippen LogP contribution is 2.22. The summed E-state index contributed by atoms with van der Waals surface area (Å²) in [6, 6.07) is 4.19. The zero-order valence-electron chi connectivity index (χ0n) is 14.6. The fraction of sp³-hybridized carbons (Fsp3) is 0.611. The Labute approximate surface area is 138 Å². The molecule has 1 aliphatic heterocycles. The average Bonchev–Trinajstić information content (AvgIpc) is 2.51. The molecule has 0 radical (unpaired) electrons. The normalized spacial score (nSPS) is 18.0. The van der Waals surface area contributed by atoms with E-state index in [1.807, 2.05) is 18.9 Å². The van der Waals surface area contributed by atoms with Gasteiger partial charge in [0.2, 0.25) is 0 Å². The van der Waals surface area contributed by atoms with Crippen LogP contribution in [0.2, 0.25) is 0 Å². The molecule has 0 bridgehead atoms. The van der Waals surface area contributed by atoms with E-state index in [2.05, 4.69) is 19.1 Å². The topological polar surface area (TPSA) is 64.8 Å². The number of rotatable bonds is 5. The van der Waals surface area contributed by atoms with Gasteiger partial charge in [0.05, 0.1) is 13.5 Å².